The van der Waals surface area contributed by atoms with Gasteiger partial charge in [-0.3, -0.25) is 4.79 Å². The van der Waals surface area contributed by atoms with Crippen LogP contribution in [0.4, 0.5) is 11.6 Å². The van der Waals surface area contributed by atoms with E-state index in [0.29, 0.717) is 57.1 Å². The minimum atomic E-state index is -0.680. The Labute approximate surface area is 219 Å². The van der Waals surface area contributed by atoms with Crippen molar-refractivity contribution in [1.29, 1.82) is 0 Å². The monoisotopic (exact) mass is 513 g/mol. The Hall–Kier alpha value is -4.99. The second-order valence-corrected chi connectivity index (χ2v) is 8.58. The Morgan fingerprint density at radius 2 is 1.71 bits per heavy atom. The van der Waals surface area contributed by atoms with Crippen LogP contribution in [0.25, 0.3) is 11.4 Å². The number of ether oxygens (including phenoxy) is 3. The molecule has 0 fully saturated rings. The summed E-state index contributed by atoms with van der Waals surface area (Å²) in [5.41, 5.74) is 2.98. The summed E-state index contributed by atoms with van der Waals surface area (Å²) in [7, 11) is 4.69. The number of aromatic nitrogens is 3. The smallest absolute Gasteiger partial charge is 0.255 e. The van der Waals surface area contributed by atoms with E-state index in [9.17, 15) is 9.90 Å². The first kappa shape index (κ1) is 24.7. The molecule has 0 saturated carbocycles. The van der Waals surface area contributed by atoms with E-state index in [4.69, 9.17) is 19.3 Å². The molecule has 10 heteroatoms. The Balaban J connectivity index is 1.64. The van der Waals surface area contributed by atoms with E-state index in [0.717, 1.165) is 0 Å². The number of phenolic OH excluding ortho intramolecular Hbond substituents is 1. The van der Waals surface area contributed by atoms with Gasteiger partial charge in [-0.1, -0.05) is 12.1 Å². The maximum absolute atomic E-state index is 13.9. The van der Waals surface area contributed by atoms with Gasteiger partial charge in [0, 0.05) is 22.9 Å². The van der Waals surface area contributed by atoms with Gasteiger partial charge < -0.3 is 30.0 Å². The molecular formula is C28H27N5O5. The molecule has 1 aliphatic rings. The highest BCUT2D eigenvalue weighted by molar-refractivity contribution is 6.06. The molecule has 0 saturated heterocycles. The van der Waals surface area contributed by atoms with Crippen LogP contribution in [-0.4, -0.2) is 47.1 Å². The van der Waals surface area contributed by atoms with Crippen LogP contribution in [0, 0.1) is 0 Å². The molecule has 1 aliphatic heterocycles. The molecule has 10 nitrogen and oxygen atoms in total. The largest absolute Gasteiger partial charge is 0.508 e. The Bertz CT molecular complexity index is 1530. The molecule has 1 aromatic heterocycles. The van der Waals surface area contributed by atoms with Crippen LogP contribution in [0.15, 0.2) is 78.0 Å². The Morgan fingerprint density at radius 1 is 0.974 bits per heavy atom. The van der Waals surface area contributed by atoms with Crippen molar-refractivity contribution < 1.29 is 24.1 Å². The SMILES string of the molecule is COc1ccc(C2C(C(=O)Nc3ccccc3OC)=C(C)Nc3nc(-c4ccc(O)cc4)nn32)c(OC)c1. The summed E-state index contributed by atoms with van der Waals surface area (Å²) in [6.45, 7) is 1.82. The van der Waals surface area contributed by atoms with Gasteiger partial charge in [-0.25, -0.2) is 4.68 Å². The molecule has 38 heavy (non-hydrogen) atoms. The number of methoxy groups -OCH3 is 3. The zero-order valence-corrected chi connectivity index (χ0v) is 21.4. The van der Waals surface area contributed by atoms with Crippen molar-refractivity contribution in [2.45, 2.75) is 13.0 Å². The van der Waals surface area contributed by atoms with Gasteiger partial charge >= 0.3 is 0 Å². The zero-order valence-electron chi connectivity index (χ0n) is 21.4. The van der Waals surface area contributed by atoms with E-state index in [1.165, 1.54) is 0 Å². The van der Waals surface area contributed by atoms with Crippen molar-refractivity contribution in [2.75, 3.05) is 32.0 Å². The lowest BCUT2D eigenvalue weighted by Crippen LogP contribution is -2.31. The van der Waals surface area contributed by atoms with Gasteiger partial charge in [0.05, 0.1) is 32.6 Å². The van der Waals surface area contributed by atoms with E-state index in [2.05, 4.69) is 15.6 Å². The number of fused-ring (bicyclic) bond motifs is 1. The quantitative estimate of drug-likeness (QED) is 0.328. The number of nitrogens with one attached hydrogen (secondary N) is 2. The maximum atomic E-state index is 13.9. The highest BCUT2D eigenvalue weighted by Gasteiger charge is 2.36. The molecule has 0 radical (unpaired) electrons. The van der Waals surface area contributed by atoms with Gasteiger partial charge in [0.2, 0.25) is 5.95 Å². The molecule has 194 valence electrons. The average molecular weight is 514 g/mol. The first-order chi connectivity index (χ1) is 18.4. The molecule has 3 N–H and O–H groups in total. The van der Waals surface area contributed by atoms with Crippen molar-refractivity contribution in [1.82, 2.24) is 14.8 Å². The third-order valence-corrected chi connectivity index (χ3v) is 6.31. The molecule has 1 atom stereocenters. The number of hydrogen-bond donors (Lipinski definition) is 3. The first-order valence-electron chi connectivity index (χ1n) is 11.8. The number of amides is 1. The molecule has 3 aromatic carbocycles. The summed E-state index contributed by atoms with van der Waals surface area (Å²) < 4.78 is 18.2. The number of benzene rings is 3. The lowest BCUT2D eigenvalue weighted by atomic mass is 9.94. The van der Waals surface area contributed by atoms with Gasteiger partial charge in [0.25, 0.3) is 5.91 Å². The van der Waals surface area contributed by atoms with Crippen LogP contribution in [0.5, 0.6) is 23.0 Å². The molecule has 1 amide bonds. The minimum Gasteiger partial charge on any atom is -0.508 e. The third-order valence-electron chi connectivity index (χ3n) is 6.31. The van der Waals surface area contributed by atoms with Crippen molar-refractivity contribution in [2.24, 2.45) is 0 Å². The maximum Gasteiger partial charge on any atom is 0.255 e. The summed E-state index contributed by atoms with van der Waals surface area (Å²) >= 11 is 0. The number of nitrogens with zero attached hydrogens (tertiary/aromatic N) is 3. The zero-order chi connectivity index (χ0) is 26.8. The molecule has 0 bridgehead atoms. The fourth-order valence-corrected chi connectivity index (χ4v) is 4.45. The molecular weight excluding hydrogens is 486 g/mol. The van der Waals surface area contributed by atoms with Crippen LogP contribution in [0.1, 0.15) is 18.5 Å². The number of allylic oxidation sites excluding steroid dienone is 1. The van der Waals surface area contributed by atoms with Crippen molar-refractivity contribution in [3.05, 3.63) is 83.6 Å². The topological polar surface area (TPSA) is 120 Å². The fraction of sp³-hybridized carbons (Fsp3) is 0.179. The Morgan fingerprint density at radius 3 is 2.42 bits per heavy atom. The van der Waals surface area contributed by atoms with Crippen LogP contribution in [0.3, 0.4) is 0 Å². The standard InChI is InChI=1S/C28H27N5O5/c1-16-24(27(35)30-21-7-5-6-8-22(21)37-3)25(20-14-13-19(36-2)15-23(20)38-4)33-28(29-16)31-26(32-33)17-9-11-18(34)12-10-17/h5-15,25,34H,1-4H3,(H,30,35)(H,29,31,32). The van der Waals surface area contributed by atoms with E-state index in [1.807, 2.05) is 31.2 Å². The van der Waals surface area contributed by atoms with Gasteiger partial charge in [-0.2, -0.15) is 4.98 Å². The second kappa shape index (κ2) is 10.2. The summed E-state index contributed by atoms with van der Waals surface area (Å²) in [6.07, 6.45) is 0. The number of para-hydroxylation sites is 2. The number of carbonyl (C=O) groups excluding carboxylic acids is 1. The molecule has 4 aromatic rings. The second-order valence-electron chi connectivity index (χ2n) is 8.58. The van der Waals surface area contributed by atoms with Crippen molar-refractivity contribution >= 4 is 17.5 Å². The summed E-state index contributed by atoms with van der Waals surface area (Å²) in [5.74, 6) is 2.38. The molecule has 0 aliphatic carbocycles. The van der Waals surface area contributed by atoms with Gasteiger partial charge in [-0.15, -0.1) is 5.10 Å². The third kappa shape index (κ3) is 4.47. The van der Waals surface area contributed by atoms with E-state index in [1.54, 1.807) is 68.5 Å². The van der Waals surface area contributed by atoms with Crippen LogP contribution in [-0.2, 0) is 4.79 Å². The normalized spacial score (nSPS) is 14.4. The van der Waals surface area contributed by atoms with E-state index in [-0.39, 0.29) is 11.7 Å². The number of phenols is 1. The highest BCUT2D eigenvalue weighted by atomic mass is 16.5. The van der Waals surface area contributed by atoms with E-state index >= 15 is 0 Å². The van der Waals surface area contributed by atoms with Gasteiger partial charge in [-0.05, 0) is 55.5 Å². The lowest BCUT2D eigenvalue weighted by molar-refractivity contribution is -0.113. The van der Waals surface area contributed by atoms with Crippen molar-refractivity contribution in [3.8, 4) is 34.4 Å². The molecule has 2 heterocycles. The molecule has 5 rings (SSSR count). The van der Waals surface area contributed by atoms with Crippen LogP contribution < -0.4 is 24.8 Å². The number of hydrogen-bond acceptors (Lipinski definition) is 8. The van der Waals surface area contributed by atoms with Crippen molar-refractivity contribution in [3.63, 3.8) is 0 Å². The lowest BCUT2D eigenvalue weighted by Gasteiger charge is -2.29. The van der Waals surface area contributed by atoms with Gasteiger partial charge in [0.1, 0.15) is 29.0 Å². The number of carbonyl (C=O) groups is 1. The van der Waals surface area contributed by atoms with Crippen LogP contribution >= 0.6 is 0 Å². The highest BCUT2D eigenvalue weighted by Crippen LogP contribution is 2.41. The van der Waals surface area contributed by atoms with Gasteiger partial charge in [0.15, 0.2) is 5.82 Å². The predicted octanol–water partition coefficient (Wildman–Crippen LogP) is 4.60. The molecule has 1 unspecified atom stereocenters. The Kier molecular flexibility index (Phi) is 6.61. The first-order valence-corrected chi connectivity index (χ1v) is 11.8. The summed E-state index contributed by atoms with van der Waals surface area (Å²) in [4.78, 5) is 18.5. The van der Waals surface area contributed by atoms with E-state index < -0.39 is 6.04 Å². The average Bonchev–Trinajstić information content (AvgIpc) is 3.36. The van der Waals surface area contributed by atoms with Crippen LogP contribution in [0.2, 0.25) is 0 Å². The fourth-order valence-electron chi connectivity index (χ4n) is 4.45. The molecule has 0 spiro atoms. The number of anilines is 2. The number of rotatable bonds is 7. The number of aromatic hydroxyl groups is 1. The summed E-state index contributed by atoms with van der Waals surface area (Å²) in [5, 5.41) is 20.7. The summed E-state index contributed by atoms with van der Waals surface area (Å²) in [6, 6.07) is 18.6. The minimum absolute atomic E-state index is 0.143. The predicted molar refractivity (Wildman–Crippen MR) is 143 cm³/mol.